The Hall–Kier alpha value is -1.55. The van der Waals surface area contributed by atoms with Crippen molar-refractivity contribution in [2.24, 2.45) is 5.73 Å². The van der Waals surface area contributed by atoms with Gasteiger partial charge in [0.15, 0.2) is 0 Å². The summed E-state index contributed by atoms with van der Waals surface area (Å²) < 4.78 is 5.36. The van der Waals surface area contributed by atoms with Gasteiger partial charge in [-0.1, -0.05) is 6.07 Å². The van der Waals surface area contributed by atoms with Crippen molar-refractivity contribution in [1.82, 2.24) is 0 Å². The monoisotopic (exact) mass is 208 g/mol. The number of aliphatic hydroxyl groups excluding tert-OH is 1. The second kappa shape index (κ2) is 4.79. The fraction of sp³-hybridized carbons (Fsp3) is 0.364. The van der Waals surface area contributed by atoms with Gasteiger partial charge in [0, 0.05) is 0 Å². The van der Waals surface area contributed by atoms with Crippen LogP contribution in [0, 0.1) is 19.3 Å². The average molecular weight is 208 g/mol. The normalized spacial score (nSPS) is 10.1. The predicted octanol–water partition coefficient (Wildman–Crippen LogP) is 0.959. The highest BCUT2D eigenvalue weighted by Crippen LogP contribution is 2.24. The number of hydrogen-bond acceptors (Lipinski definition) is 3. The molecule has 4 heteroatoms. The van der Waals surface area contributed by atoms with Gasteiger partial charge >= 0.3 is 0 Å². The minimum Gasteiger partial charge on any atom is -0.490 e. The van der Waals surface area contributed by atoms with Crippen molar-refractivity contribution in [3.05, 3.63) is 28.8 Å². The zero-order valence-electron chi connectivity index (χ0n) is 9.00. The van der Waals surface area contributed by atoms with E-state index in [9.17, 15) is 0 Å². The van der Waals surface area contributed by atoms with Crippen LogP contribution in [0.4, 0.5) is 0 Å². The summed E-state index contributed by atoms with van der Waals surface area (Å²) in [5.74, 6) is 0.567. The maximum atomic E-state index is 8.69. The van der Waals surface area contributed by atoms with Crippen LogP contribution in [-0.4, -0.2) is 24.2 Å². The van der Waals surface area contributed by atoms with Crippen LogP contribution in [0.15, 0.2) is 12.1 Å². The molecule has 1 aromatic rings. The number of rotatable bonds is 4. The van der Waals surface area contributed by atoms with Crippen molar-refractivity contribution >= 4 is 5.84 Å². The van der Waals surface area contributed by atoms with E-state index in [1.54, 1.807) is 0 Å². The molecule has 1 rings (SSSR count). The van der Waals surface area contributed by atoms with E-state index >= 15 is 0 Å². The SMILES string of the molecule is Cc1cc(C)c(OCCO)c(C(=N)N)c1. The van der Waals surface area contributed by atoms with E-state index in [2.05, 4.69) is 0 Å². The van der Waals surface area contributed by atoms with Gasteiger partial charge < -0.3 is 15.6 Å². The minimum atomic E-state index is -0.0509. The highest BCUT2D eigenvalue weighted by atomic mass is 16.5. The lowest BCUT2D eigenvalue weighted by atomic mass is 10.0. The van der Waals surface area contributed by atoms with Gasteiger partial charge in [-0.15, -0.1) is 0 Å². The quantitative estimate of drug-likeness (QED) is 0.509. The number of nitrogens with two attached hydrogens (primary N) is 1. The first-order valence-electron chi connectivity index (χ1n) is 4.75. The van der Waals surface area contributed by atoms with Crippen LogP contribution in [0.3, 0.4) is 0 Å². The Morgan fingerprint density at radius 3 is 2.67 bits per heavy atom. The molecule has 15 heavy (non-hydrogen) atoms. The number of nitrogen functional groups attached to an aromatic ring is 1. The van der Waals surface area contributed by atoms with Crippen molar-refractivity contribution in [1.29, 1.82) is 5.41 Å². The molecule has 1 aromatic carbocycles. The van der Waals surface area contributed by atoms with E-state index in [4.69, 9.17) is 21.0 Å². The van der Waals surface area contributed by atoms with Gasteiger partial charge in [-0.2, -0.15) is 0 Å². The number of ether oxygens (including phenoxy) is 1. The average Bonchev–Trinajstić information content (AvgIpc) is 2.15. The Bertz CT molecular complexity index is 375. The summed E-state index contributed by atoms with van der Waals surface area (Å²) in [6.07, 6.45) is 0. The Kier molecular flexibility index (Phi) is 3.68. The molecule has 0 unspecified atom stereocenters. The molecule has 82 valence electrons. The van der Waals surface area contributed by atoms with Crippen molar-refractivity contribution in [2.75, 3.05) is 13.2 Å². The molecular weight excluding hydrogens is 192 g/mol. The Morgan fingerprint density at radius 2 is 2.13 bits per heavy atom. The first-order chi connectivity index (χ1) is 7.06. The maximum absolute atomic E-state index is 8.69. The summed E-state index contributed by atoms with van der Waals surface area (Å²) in [4.78, 5) is 0. The molecular formula is C11H16N2O2. The lowest BCUT2D eigenvalue weighted by Gasteiger charge is -2.13. The summed E-state index contributed by atoms with van der Waals surface area (Å²) in [7, 11) is 0. The van der Waals surface area contributed by atoms with Gasteiger partial charge in [0.25, 0.3) is 0 Å². The standard InChI is InChI=1S/C11H16N2O2/c1-7-5-8(2)10(15-4-3-14)9(6-7)11(12)13/h5-6,14H,3-4H2,1-2H3,(H3,12,13). The fourth-order valence-electron chi connectivity index (χ4n) is 1.49. The molecule has 0 aliphatic rings. The van der Waals surface area contributed by atoms with E-state index in [1.807, 2.05) is 26.0 Å². The van der Waals surface area contributed by atoms with Crippen molar-refractivity contribution in [3.8, 4) is 5.75 Å². The van der Waals surface area contributed by atoms with Crippen molar-refractivity contribution in [2.45, 2.75) is 13.8 Å². The number of aryl methyl sites for hydroxylation is 2. The zero-order valence-corrected chi connectivity index (χ0v) is 9.00. The second-order valence-electron chi connectivity index (χ2n) is 3.44. The third-order valence-electron chi connectivity index (χ3n) is 2.05. The van der Waals surface area contributed by atoms with E-state index in [0.717, 1.165) is 11.1 Å². The van der Waals surface area contributed by atoms with Gasteiger partial charge in [-0.3, -0.25) is 5.41 Å². The Morgan fingerprint density at radius 1 is 1.47 bits per heavy atom. The third kappa shape index (κ3) is 2.70. The van der Waals surface area contributed by atoms with Gasteiger partial charge in [0.1, 0.15) is 18.2 Å². The van der Waals surface area contributed by atoms with Gasteiger partial charge in [-0.25, -0.2) is 0 Å². The van der Waals surface area contributed by atoms with E-state index in [0.29, 0.717) is 11.3 Å². The molecule has 0 amide bonds. The van der Waals surface area contributed by atoms with Crippen LogP contribution < -0.4 is 10.5 Å². The van der Waals surface area contributed by atoms with E-state index in [-0.39, 0.29) is 19.0 Å². The molecule has 0 fully saturated rings. The Labute approximate surface area is 89.2 Å². The Balaban J connectivity index is 3.15. The number of aliphatic hydroxyl groups is 1. The van der Waals surface area contributed by atoms with Crippen LogP contribution in [0.1, 0.15) is 16.7 Å². The predicted molar refractivity (Wildman–Crippen MR) is 59.5 cm³/mol. The lowest BCUT2D eigenvalue weighted by molar-refractivity contribution is 0.200. The molecule has 0 radical (unpaired) electrons. The van der Waals surface area contributed by atoms with Gasteiger partial charge in [-0.05, 0) is 31.0 Å². The van der Waals surface area contributed by atoms with Gasteiger partial charge in [0.05, 0.1) is 12.2 Å². The molecule has 4 nitrogen and oxygen atoms in total. The van der Waals surface area contributed by atoms with Crippen molar-refractivity contribution in [3.63, 3.8) is 0 Å². The first-order valence-corrected chi connectivity index (χ1v) is 4.75. The molecule has 0 saturated heterocycles. The van der Waals surface area contributed by atoms with Gasteiger partial charge in [0.2, 0.25) is 0 Å². The van der Waals surface area contributed by atoms with Crippen LogP contribution in [-0.2, 0) is 0 Å². The van der Waals surface area contributed by atoms with Crippen LogP contribution in [0.5, 0.6) is 5.75 Å². The lowest BCUT2D eigenvalue weighted by Crippen LogP contribution is -2.15. The molecule has 0 aliphatic carbocycles. The fourth-order valence-corrected chi connectivity index (χ4v) is 1.49. The molecule has 0 aromatic heterocycles. The number of nitrogens with one attached hydrogen (secondary N) is 1. The topological polar surface area (TPSA) is 79.3 Å². The zero-order chi connectivity index (χ0) is 11.4. The van der Waals surface area contributed by atoms with E-state index in [1.165, 1.54) is 0 Å². The molecule has 0 aliphatic heterocycles. The molecule has 0 saturated carbocycles. The van der Waals surface area contributed by atoms with Crippen LogP contribution in [0.25, 0.3) is 0 Å². The summed E-state index contributed by atoms with van der Waals surface area (Å²) in [5.41, 5.74) is 8.01. The maximum Gasteiger partial charge on any atom is 0.133 e. The summed E-state index contributed by atoms with van der Waals surface area (Å²) in [6.45, 7) is 4.00. The molecule has 0 bridgehead atoms. The van der Waals surface area contributed by atoms with Crippen LogP contribution >= 0.6 is 0 Å². The first kappa shape index (κ1) is 11.5. The number of hydrogen-bond donors (Lipinski definition) is 3. The third-order valence-corrected chi connectivity index (χ3v) is 2.05. The summed E-state index contributed by atoms with van der Waals surface area (Å²) >= 11 is 0. The highest BCUT2D eigenvalue weighted by Gasteiger charge is 2.10. The summed E-state index contributed by atoms with van der Waals surface area (Å²) in [5, 5.41) is 16.1. The summed E-state index contributed by atoms with van der Waals surface area (Å²) in [6, 6.07) is 3.77. The number of benzene rings is 1. The molecule has 4 N–H and O–H groups in total. The highest BCUT2D eigenvalue weighted by molar-refractivity contribution is 5.98. The molecule has 0 atom stereocenters. The molecule has 0 spiro atoms. The van der Waals surface area contributed by atoms with E-state index < -0.39 is 0 Å². The smallest absolute Gasteiger partial charge is 0.133 e. The largest absolute Gasteiger partial charge is 0.490 e. The number of amidine groups is 1. The minimum absolute atomic E-state index is 0.0188. The second-order valence-corrected chi connectivity index (χ2v) is 3.44. The molecule has 0 heterocycles. The van der Waals surface area contributed by atoms with Crippen LogP contribution in [0.2, 0.25) is 0 Å². The van der Waals surface area contributed by atoms with Crippen molar-refractivity contribution < 1.29 is 9.84 Å².